The van der Waals surface area contributed by atoms with Crippen LogP contribution in [0.4, 0.5) is 4.79 Å². The highest BCUT2D eigenvalue weighted by Gasteiger charge is 2.49. The molecule has 0 unspecified atom stereocenters. The molecule has 6 atom stereocenters. The molecule has 2 heterocycles. The lowest BCUT2D eigenvalue weighted by Crippen LogP contribution is -2.66. The van der Waals surface area contributed by atoms with Crippen molar-refractivity contribution in [3.05, 3.63) is 108 Å². The molecule has 1 aliphatic heterocycles. The fourth-order valence-corrected chi connectivity index (χ4v) is 9.58. The predicted octanol–water partition coefficient (Wildman–Crippen LogP) is 5.30. The maximum atomic E-state index is 15.1. The molecule has 0 radical (unpaired) electrons. The first kappa shape index (κ1) is 54.6. The summed E-state index contributed by atoms with van der Waals surface area (Å²) in [5.41, 5.74) is 0.120. The lowest BCUT2D eigenvalue weighted by Gasteiger charge is -2.40. The van der Waals surface area contributed by atoms with Crippen molar-refractivity contribution < 1.29 is 43.0 Å². The zero-order valence-electron chi connectivity index (χ0n) is 43.0. The molecule has 7 N–H and O–H groups in total. The summed E-state index contributed by atoms with van der Waals surface area (Å²) < 4.78 is 11.7. The standard InChI is InChI=1S/C55H74N8O9/c1-35(71-53(2,3)4)45-49(67)60-44(32-37-23-13-10-14-24-37)50(68)63(8)55(28-18-19-29-55)51(69)61-42(31-36-21-11-9-12-22-36)47(65)59-43(33-38-34-57-40-26-16-15-25-39(38)40)48(66)58-41(46(64)62-45)27-17-20-30-56-52(70)72-54(5,6)7/h9-16,21-26,34-35,41-45,57H,17-20,27-33H2,1-8H3,(H,56,70)(H,58,66)(H,59,65)(H,60,67)(H,61,69)(H,62,64)/t35-,41+,42+,43-,44+,45+/m1/s1. The van der Waals surface area contributed by atoms with E-state index in [1.54, 1.807) is 40.9 Å². The van der Waals surface area contributed by atoms with E-state index in [9.17, 15) is 24.0 Å². The maximum Gasteiger partial charge on any atom is 0.407 e. The van der Waals surface area contributed by atoms with E-state index >= 15 is 9.59 Å². The van der Waals surface area contributed by atoms with E-state index in [1.165, 1.54) is 4.90 Å². The second-order valence-corrected chi connectivity index (χ2v) is 21.1. The van der Waals surface area contributed by atoms with Crippen molar-refractivity contribution in [2.45, 2.75) is 166 Å². The first-order valence-corrected chi connectivity index (χ1v) is 25.2. The number of rotatable bonds is 13. The molecule has 1 saturated carbocycles. The van der Waals surface area contributed by atoms with Crippen molar-refractivity contribution in [1.82, 2.24) is 41.8 Å². The Hall–Kier alpha value is -6.75. The Morgan fingerprint density at radius 3 is 1.82 bits per heavy atom. The largest absolute Gasteiger partial charge is 0.444 e. The second kappa shape index (κ2) is 24.1. The number of likely N-dealkylation sites (N-methyl/N-ethyl adjacent to an activating group) is 1. The molecule has 1 aromatic heterocycles. The number of H-pyrrole nitrogens is 1. The predicted molar refractivity (Wildman–Crippen MR) is 274 cm³/mol. The van der Waals surface area contributed by atoms with Gasteiger partial charge in [0.1, 0.15) is 41.3 Å². The van der Waals surface area contributed by atoms with Crippen molar-refractivity contribution in [2.75, 3.05) is 13.6 Å². The molecular formula is C55H74N8O9. The summed E-state index contributed by atoms with van der Waals surface area (Å²) in [6, 6.07) is 19.5. The van der Waals surface area contributed by atoms with E-state index in [0.29, 0.717) is 44.1 Å². The number of unbranched alkanes of at least 4 members (excludes halogenated alkanes) is 1. The topological polar surface area (TPSA) is 229 Å². The third-order valence-electron chi connectivity index (χ3n) is 13.2. The van der Waals surface area contributed by atoms with Crippen molar-refractivity contribution in [1.29, 1.82) is 0 Å². The van der Waals surface area contributed by atoms with Crippen LogP contribution >= 0.6 is 0 Å². The molecule has 3 aromatic carbocycles. The van der Waals surface area contributed by atoms with Crippen molar-refractivity contribution >= 4 is 52.4 Å². The molecule has 388 valence electrons. The normalized spacial score (nSPS) is 22.2. The van der Waals surface area contributed by atoms with E-state index < -0.39 is 94.6 Å². The molecule has 1 spiro atoms. The number of fused-ring (bicyclic) bond motifs is 1. The van der Waals surface area contributed by atoms with Gasteiger partial charge in [0.05, 0.1) is 11.7 Å². The number of hydrogen-bond donors (Lipinski definition) is 7. The number of aromatic nitrogens is 1. The van der Waals surface area contributed by atoms with E-state index in [2.05, 4.69) is 36.9 Å². The highest BCUT2D eigenvalue weighted by atomic mass is 16.6. The number of aromatic amines is 1. The Morgan fingerprint density at radius 1 is 0.667 bits per heavy atom. The van der Waals surface area contributed by atoms with Crippen LogP contribution < -0.4 is 31.9 Å². The quantitative estimate of drug-likeness (QED) is 0.0861. The van der Waals surface area contributed by atoms with Gasteiger partial charge < -0.3 is 51.3 Å². The summed E-state index contributed by atoms with van der Waals surface area (Å²) in [5, 5.41) is 18.3. The number of ether oxygens (including phenoxy) is 2. The summed E-state index contributed by atoms with van der Waals surface area (Å²) in [6.45, 7) is 12.6. The van der Waals surface area contributed by atoms with E-state index in [-0.39, 0.29) is 32.2 Å². The molecule has 72 heavy (non-hydrogen) atoms. The van der Waals surface area contributed by atoms with Gasteiger partial charge in [0.25, 0.3) is 0 Å². The Balaban J connectivity index is 1.43. The second-order valence-electron chi connectivity index (χ2n) is 21.1. The number of carbonyl (C=O) groups excluding carboxylic acids is 7. The van der Waals surface area contributed by atoms with Crippen LogP contribution in [-0.4, -0.2) is 118 Å². The van der Waals surface area contributed by atoms with Crippen molar-refractivity contribution in [2.24, 2.45) is 0 Å². The Kier molecular flexibility index (Phi) is 18.3. The molecule has 17 heteroatoms. The molecule has 1 aliphatic carbocycles. The lowest BCUT2D eigenvalue weighted by atomic mass is 9.91. The van der Waals surface area contributed by atoms with Crippen LogP contribution in [0.15, 0.2) is 91.1 Å². The van der Waals surface area contributed by atoms with Gasteiger partial charge in [-0.2, -0.15) is 0 Å². The van der Waals surface area contributed by atoms with E-state index in [4.69, 9.17) is 9.47 Å². The molecule has 1 saturated heterocycles. The highest BCUT2D eigenvalue weighted by molar-refractivity contribution is 6.00. The molecule has 4 aromatic rings. The summed E-state index contributed by atoms with van der Waals surface area (Å²) in [4.78, 5) is 107. The number of para-hydroxylation sites is 1. The fourth-order valence-electron chi connectivity index (χ4n) is 9.58. The molecular weight excluding hydrogens is 917 g/mol. The van der Waals surface area contributed by atoms with Gasteiger partial charge in [-0.15, -0.1) is 0 Å². The number of carbonyl (C=O) groups is 7. The number of hydrogen-bond acceptors (Lipinski definition) is 9. The van der Waals surface area contributed by atoms with Crippen LogP contribution in [0.25, 0.3) is 10.9 Å². The van der Waals surface area contributed by atoms with Crippen LogP contribution in [-0.2, 0) is 57.5 Å². The van der Waals surface area contributed by atoms with Gasteiger partial charge in [-0.3, -0.25) is 28.8 Å². The van der Waals surface area contributed by atoms with Gasteiger partial charge in [0, 0.05) is 50.0 Å². The van der Waals surface area contributed by atoms with Gasteiger partial charge in [0.15, 0.2) is 0 Å². The summed E-state index contributed by atoms with van der Waals surface area (Å²) in [7, 11) is 1.56. The summed E-state index contributed by atoms with van der Waals surface area (Å²) in [6.07, 6.45) is 2.92. The SMILES string of the molecule is C[C@@H](OC(C)(C)C)[C@@H]1NC(=O)[C@H](CCCCNC(=O)OC(C)(C)C)NC(=O)[C@@H](Cc2c[nH]c3ccccc23)NC(=O)[C@H](Cc2ccccc2)NC(=O)C2(CCCC2)N(C)C(=O)[C@H](Cc2ccccc2)NC1=O. The van der Waals surface area contributed by atoms with Crippen molar-refractivity contribution in [3.63, 3.8) is 0 Å². The number of nitrogens with zero attached hydrogens (tertiary/aromatic N) is 1. The molecule has 6 rings (SSSR count). The van der Waals surface area contributed by atoms with E-state index in [0.717, 1.165) is 22.0 Å². The average molecular weight is 991 g/mol. The first-order chi connectivity index (χ1) is 34.1. The van der Waals surface area contributed by atoms with Gasteiger partial charge in [-0.05, 0) is 103 Å². The molecule has 0 bridgehead atoms. The molecule has 2 aliphatic rings. The number of amides is 7. The molecule has 7 amide bonds. The molecule has 17 nitrogen and oxygen atoms in total. The minimum Gasteiger partial charge on any atom is -0.444 e. The van der Waals surface area contributed by atoms with Crippen LogP contribution in [0, 0.1) is 0 Å². The smallest absolute Gasteiger partial charge is 0.407 e. The monoisotopic (exact) mass is 991 g/mol. The average Bonchev–Trinajstić information content (AvgIpc) is 3.99. The third-order valence-corrected chi connectivity index (χ3v) is 13.2. The van der Waals surface area contributed by atoms with Crippen LogP contribution in [0.2, 0.25) is 0 Å². The number of alkyl carbamates (subject to hydrolysis) is 1. The Bertz CT molecular complexity index is 2510. The van der Waals surface area contributed by atoms with Gasteiger partial charge >= 0.3 is 6.09 Å². The minimum absolute atomic E-state index is 0.00674. The van der Waals surface area contributed by atoms with Gasteiger partial charge in [0.2, 0.25) is 35.4 Å². The lowest BCUT2D eigenvalue weighted by molar-refractivity contribution is -0.150. The molecule has 2 fully saturated rings. The summed E-state index contributed by atoms with van der Waals surface area (Å²) in [5.74, 6) is -3.83. The minimum atomic E-state index is -1.40. The van der Waals surface area contributed by atoms with Gasteiger partial charge in [-0.1, -0.05) is 91.7 Å². The third kappa shape index (κ3) is 14.9. The highest BCUT2D eigenvalue weighted by Crippen LogP contribution is 2.36. The van der Waals surface area contributed by atoms with Crippen LogP contribution in [0.1, 0.15) is 110 Å². The van der Waals surface area contributed by atoms with Gasteiger partial charge in [-0.25, -0.2) is 4.79 Å². The summed E-state index contributed by atoms with van der Waals surface area (Å²) >= 11 is 0. The number of benzene rings is 3. The Labute approximate surface area is 423 Å². The van der Waals surface area contributed by atoms with Crippen LogP contribution in [0.5, 0.6) is 0 Å². The van der Waals surface area contributed by atoms with Crippen LogP contribution in [0.3, 0.4) is 0 Å². The maximum absolute atomic E-state index is 15.1. The Morgan fingerprint density at radius 2 is 1.21 bits per heavy atom. The zero-order chi connectivity index (χ0) is 52.2. The fraction of sp³-hybridized carbons (Fsp3) is 0.509. The zero-order valence-corrected chi connectivity index (χ0v) is 43.0. The number of nitrogens with one attached hydrogen (secondary N) is 7. The first-order valence-electron chi connectivity index (χ1n) is 25.2. The van der Waals surface area contributed by atoms with E-state index in [1.807, 2.05) is 106 Å². The van der Waals surface area contributed by atoms with Crippen molar-refractivity contribution in [3.8, 4) is 0 Å².